The van der Waals surface area contributed by atoms with E-state index in [1.165, 1.54) is 24.2 Å². The van der Waals surface area contributed by atoms with Crippen LogP contribution in [0, 0.1) is 11.8 Å². The van der Waals surface area contributed by atoms with Crippen molar-refractivity contribution >= 4 is 28.8 Å². The molecular weight excluding hydrogens is 432 g/mol. The normalized spacial score (nSPS) is 23.1. The van der Waals surface area contributed by atoms with Gasteiger partial charge in [-0.2, -0.15) is 5.10 Å². The van der Waals surface area contributed by atoms with Gasteiger partial charge in [0, 0.05) is 30.8 Å². The molecule has 9 heteroatoms. The van der Waals surface area contributed by atoms with Gasteiger partial charge in [0.1, 0.15) is 0 Å². The van der Waals surface area contributed by atoms with Gasteiger partial charge in [0.05, 0.1) is 28.2 Å². The first-order valence-electron chi connectivity index (χ1n) is 11.0. The minimum Gasteiger partial charge on any atom is -0.349 e. The van der Waals surface area contributed by atoms with Crippen LogP contribution in [-0.2, 0) is 0 Å². The largest absolute Gasteiger partial charge is 0.349 e. The van der Waals surface area contributed by atoms with Gasteiger partial charge in [0.25, 0.3) is 11.8 Å². The second-order valence-electron chi connectivity index (χ2n) is 8.65. The van der Waals surface area contributed by atoms with Gasteiger partial charge in [-0.3, -0.25) is 4.79 Å². The Morgan fingerprint density at radius 3 is 2.97 bits per heavy atom. The van der Waals surface area contributed by atoms with Crippen LogP contribution in [0.2, 0.25) is 0 Å². The summed E-state index contributed by atoms with van der Waals surface area (Å²) in [6.07, 6.45) is 10.9. The number of hydrogen-bond acceptors (Lipinski definition) is 5. The van der Waals surface area contributed by atoms with Gasteiger partial charge < -0.3 is 11.1 Å². The van der Waals surface area contributed by atoms with Crippen LogP contribution < -0.4 is 11.1 Å². The van der Waals surface area contributed by atoms with Crippen molar-refractivity contribution in [2.75, 3.05) is 6.54 Å². The number of halogens is 2. The van der Waals surface area contributed by atoms with Crippen LogP contribution in [0.5, 0.6) is 0 Å². The summed E-state index contributed by atoms with van der Waals surface area (Å²) in [7, 11) is 0. The number of hydrogen-bond donors (Lipinski definition) is 2. The van der Waals surface area contributed by atoms with Crippen LogP contribution in [0.3, 0.4) is 0 Å². The summed E-state index contributed by atoms with van der Waals surface area (Å²) in [5.74, 6) is -3.81. The van der Waals surface area contributed by atoms with Gasteiger partial charge in [-0.05, 0) is 49.8 Å². The van der Waals surface area contributed by atoms with E-state index in [4.69, 9.17) is 5.73 Å². The molecule has 6 nitrogen and oxygen atoms in total. The Morgan fingerprint density at radius 2 is 2.19 bits per heavy atom. The maximum Gasteiger partial charge on any atom is 0.280 e. The van der Waals surface area contributed by atoms with Gasteiger partial charge in [0.15, 0.2) is 5.01 Å². The van der Waals surface area contributed by atoms with Crippen molar-refractivity contribution in [2.45, 2.75) is 44.1 Å². The fourth-order valence-corrected chi connectivity index (χ4v) is 5.13. The fourth-order valence-electron chi connectivity index (χ4n) is 4.22. The zero-order valence-corrected chi connectivity index (χ0v) is 18.3. The van der Waals surface area contributed by atoms with E-state index in [1.54, 1.807) is 10.7 Å². The molecule has 3 aromatic heterocycles. The van der Waals surface area contributed by atoms with Gasteiger partial charge in [-0.15, -0.1) is 11.3 Å². The van der Waals surface area contributed by atoms with Gasteiger partial charge in [0.2, 0.25) is 0 Å². The molecule has 0 spiro atoms. The number of aromatic nitrogens is 3. The smallest absolute Gasteiger partial charge is 0.280 e. The number of nitrogens with two attached hydrogens (primary N) is 1. The van der Waals surface area contributed by atoms with E-state index in [0.29, 0.717) is 24.5 Å². The number of thiazole rings is 1. The first-order chi connectivity index (χ1) is 15.4. The number of rotatable bonds is 6. The molecule has 2 aliphatic rings. The van der Waals surface area contributed by atoms with Crippen molar-refractivity contribution in [1.29, 1.82) is 0 Å². The number of carbonyl (C=O) groups excluding carboxylic acids is 1. The molecule has 0 radical (unpaired) electrons. The van der Waals surface area contributed by atoms with E-state index in [2.05, 4.69) is 21.5 Å². The number of pyridine rings is 1. The number of amides is 1. The average Bonchev–Trinajstić information content (AvgIpc) is 3.34. The Kier molecular flexibility index (Phi) is 5.54. The van der Waals surface area contributed by atoms with Gasteiger partial charge >= 0.3 is 0 Å². The lowest BCUT2D eigenvalue weighted by Crippen LogP contribution is -2.51. The Hall–Kier alpha value is -2.65. The predicted octanol–water partition coefficient (Wildman–Crippen LogP) is 4.37. The standard InChI is InChI=1S/C23H25F2N5OS/c24-23(25)10-3-4-17(26)16(23)13-27-21(31)22-29-20(19(32-22)9-8-14-6-7-14)15-12-28-30-11-2-1-5-18(15)30/h1-2,5,8-9,11-12,14,16-17H,3-4,6-7,10,13,26H2,(H,27,31)/b9-8+. The zero-order chi connectivity index (χ0) is 22.3. The number of alkyl halides is 2. The lowest BCUT2D eigenvalue weighted by molar-refractivity contribution is -0.0908. The van der Waals surface area contributed by atoms with E-state index in [0.717, 1.165) is 16.0 Å². The molecular formula is C23H25F2N5OS. The summed E-state index contributed by atoms with van der Waals surface area (Å²) in [5.41, 5.74) is 8.33. The molecule has 2 aliphatic carbocycles. The molecule has 32 heavy (non-hydrogen) atoms. The van der Waals surface area contributed by atoms with Crippen LogP contribution >= 0.6 is 11.3 Å². The number of allylic oxidation sites excluding steroid dienone is 1. The Morgan fingerprint density at radius 1 is 1.34 bits per heavy atom. The third-order valence-electron chi connectivity index (χ3n) is 6.26. The van der Waals surface area contributed by atoms with E-state index < -0.39 is 23.8 Å². The van der Waals surface area contributed by atoms with E-state index >= 15 is 0 Å². The van der Waals surface area contributed by atoms with Crippen molar-refractivity contribution in [3.05, 3.63) is 46.6 Å². The van der Waals surface area contributed by atoms with Crippen molar-refractivity contribution in [3.63, 3.8) is 0 Å². The minimum atomic E-state index is -2.87. The van der Waals surface area contributed by atoms with Crippen LogP contribution in [0.4, 0.5) is 8.78 Å². The number of nitrogens with zero attached hydrogens (tertiary/aromatic N) is 3. The predicted molar refractivity (Wildman–Crippen MR) is 121 cm³/mol. The van der Waals surface area contributed by atoms with Gasteiger partial charge in [-0.25, -0.2) is 18.3 Å². The summed E-state index contributed by atoms with van der Waals surface area (Å²) >= 11 is 1.27. The summed E-state index contributed by atoms with van der Waals surface area (Å²) in [5, 5.41) is 7.29. The highest BCUT2D eigenvalue weighted by atomic mass is 32.1. The Bertz CT molecular complexity index is 1170. The molecule has 2 fully saturated rings. The average molecular weight is 458 g/mol. The zero-order valence-electron chi connectivity index (χ0n) is 17.5. The molecule has 0 saturated heterocycles. The van der Waals surface area contributed by atoms with E-state index in [-0.39, 0.29) is 18.0 Å². The van der Waals surface area contributed by atoms with Crippen LogP contribution in [0.25, 0.3) is 22.9 Å². The highest BCUT2D eigenvalue weighted by Gasteiger charge is 2.45. The van der Waals surface area contributed by atoms with Crippen molar-refractivity contribution in [2.24, 2.45) is 17.6 Å². The molecule has 0 bridgehead atoms. The van der Waals surface area contributed by atoms with Crippen molar-refractivity contribution in [3.8, 4) is 11.3 Å². The van der Waals surface area contributed by atoms with Crippen molar-refractivity contribution < 1.29 is 13.6 Å². The topological polar surface area (TPSA) is 85.3 Å². The molecule has 2 atom stereocenters. The minimum absolute atomic E-state index is 0.161. The summed E-state index contributed by atoms with van der Waals surface area (Å²) < 4.78 is 30.3. The van der Waals surface area contributed by atoms with Crippen LogP contribution in [0.1, 0.15) is 46.8 Å². The number of carbonyl (C=O) groups is 1. The molecule has 2 unspecified atom stereocenters. The molecule has 1 amide bonds. The second kappa shape index (κ2) is 8.37. The molecule has 168 valence electrons. The lowest BCUT2D eigenvalue weighted by Gasteiger charge is -2.36. The summed E-state index contributed by atoms with van der Waals surface area (Å²) in [6, 6.07) is 5.14. The lowest BCUT2D eigenvalue weighted by atomic mass is 9.81. The Labute approximate surface area is 188 Å². The third kappa shape index (κ3) is 4.19. The molecule has 3 heterocycles. The monoisotopic (exact) mass is 457 g/mol. The Balaban J connectivity index is 1.41. The number of nitrogens with one attached hydrogen (secondary N) is 1. The number of fused-ring (bicyclic) bond motifs is 1. The first kappa shape index (κ1) is 21.2. The third-order valence-corrected chi connectivity index (χ3v) is 7.28. The second-order valence-corrected chi connectivity index (χ2v) is 9.68. The summed E-state index contributed by atoms with van der Waals surface area (Å²) in [4.78, 5) is 18.3. The summed E-state index contributed by atoms with van der Waals surface area (Å²) in [6.45, 7) is -0.161. The molecule has 3 N–H and O–H groups in total. The quantitative estimate of drug-likeness (QED) is 0.576. The molecule has 2 saturated carbocycles. The van der Waals surface area contributed by atoms with E-state index in [1.807, 2.05) is 30.5 Å². The SMILES string of the molecule is NC1CCCC(F)(F)C1CNC(=O)c1nc(-c2cnn3ccccc23)c(/C=C/C2CC2)s1. The maximum atomic E-state index is 14.3. The molecule has 5 rings (SSSR count). The molecule has 0 aromatic carbocycles. The fraction of sp³-hybridized carbons (Fsp3) is 0.435. The van der Waals surface area contributed by atoms with Crippen LogP contribution in [-0.4, -0.2) is 39.0 Å². The van der Waals surface area contributed by atoms with Gasteiger partial charge in [-0.1, -0.05) is 12.1 Å². The molecule has 3 aromatic rings. The highest BCUT2D eigenvalue weighted by Crippen LogP contribution is 2.38. The molecule has 0 aliphatic heterocycles. The first-order valence-corrected chi connectivity index (χ1v) is 11.8. The van der Waals surface area contributed by atoms with Crippen LogP contribution in [0.15, 0.2) is 36.7 Å². The van der Waals surface area contributed by atoms with Crippen molar-refractivity contribution in [1.82, 2.24) is 19.9 Å². The highest BCUT2D eigenvalue weighted by molar-refractivity contribution is 7.15. The van der Waals surface area contributed by atoms with E-state index in [9.17, 15) is 13.6 Å². The maximum absolute atomic E-state index is 14.3.